The summed E-state index contributed by atoms with van der Waals surface area (Å²) in [6, 6.07) is 72.2. The number of nitrogens with zero attached hydrogens (tertiary/aromatic N) is 4. The molecule has 5 nitrogen and oxygen atoms in total. The molecule has 1 aliphatic rings. The van der Waals surface area contributed by atoms with Crippen molar-refractivity contribution in [3.63, 3.8) is 0 Å². The molecule has 0 saturated heterocycles. The molecule has 8 aromatic carbocycles. The smallest absolute Gasteiger partial charge is 0.135 e. The third kappa shape index (κ3) is 9.05. The fraction of sp³-hybridized carbons (Fsp3) is 0.182. The van der Waals surface area contributed by atoms with Gasteiger partial charge in [0.15, 0.2) is 0 Å². The Kier molecular flexibility index (Phi) is 12.6. The van der Waals surface area contributed by atoms with Gasteiger partial charge in [-0.05, 0) is 79.3 Å². The molecule has 1 aliphatic heterocycles. The van der Waals surface area contributed by atoms with E-state index in [1.807, 2.05) is 18.2 Å². The third-order valence-corrected chi connectivity index (χ3v) is 13.8. The number of pyridine rings is 1. The van der Waals surface area contributed by atoms with E-state index in [1.165, 1.54) is 16.7 Å². The Balaban J connectivity index is 0.00000596. The topological polar surface area (TPSA) is 33.5 Å². The second kappa shape index (κ2) is 18.8. The first-order valence-corrected chi connectivity index (χ1v) is 24.7. The van der Waals surface area contributed by atoms with Crippen LogP contribution in [0.5, 0.6) is 11.5 Å². The molecule has 6 heteroatoms. The van der Waals surface area contributed by atoms with Gasteiger partial charge in [0, 0.05) is 78.0 Å². The van der Waals surface area contributed by atoms with E-state index in [4.69, 9.17) is 9.72 Å². The molecular formula is C66H59N4OPt-3. The van der Waals surface area contributed by atoms with Crippen molar-refractivity contribution < 1.29 is 25.8 Å². The monoisotopic (exact) mass is 1120 g/mol. The summed E-state index contributed by atoms with van der Waals surface area (Å²) in [5, 5.41) is 2.24. The zero-order chi connectivity index (χ0) is 49.2. The molecule has 3 heterocycles. The van der Waals surface area contributed by atoms with Gasteiger partial charge in [-0.25, -0.2) is 4.98 Å². The fourth-order valence-electron chi connectivity index (χ4n) is 10.00. The van der Waals surface area contributed by atoms with Crippen LogP contribution in [0, 0.1) is 18.8 Å². The molecule has 10 aromatic rings. The molecule has 0 spiro atoms. The SMILES string of the molecule is CC(C)(C)c1ccc(-c2cnc(-n3c4[c-]c(Oc5[c-]c(N6[CH-]N(c7c(-c8ccccc8)cccc7-c7ccccc7)c7ccccc76)ccc5)ccc4c4cc(C(C)(C)C)ccc43)cc2C(C)(C)C)cc1.[Pt]. The molecule has 0 amide bonds. The maximum Gasteiger partial charge on any atom is 0.135 e. The molecule has 0 atom stereocenters. The van der Waals surface area contributed by atoms with Gasteiger partial charge in [0.2, 0.25) is 0 Å². The van der Waals surface area contributed by atoms with Crippen molar-refractivity contribution in [2.45, 2.75) is 78.6 Å². The second-order valence-corrected chi connectivity index (χ2v) is 21.8. The standard InChI is InChI=1S/C66H59N4O.Pt/c1-64(2,3)47-32-30-46(31-33-47)56-42-67-62(41-57(56)66(7,8)9)70-58-37-34-48(65(4,5)6)38-55(58)54-36-35-51(40-61(54)70)71-50-25-18-24-49(39-50)68-43-69(60-29-17-16-28-59(60)68)63-52(44-20-12-10-13-21-44)26-19-27-53(63)45-22-14-11-15-23-45;/h10-38,41-43H,1-9H3;/q-3;. The average Bonchev–Trinajstić information content (AvgIpc) is 3.91. The number of benzene rings is 8. The Hall–Kier alpha value is -7.20. The quantitative estimate of drug-likeness (QED) is 0.142. The van der Waals surface area contributed by atoms with E-state index < -0.39 is 0 Å². The zero-order valence-corrected chi connectivity index (χ0v) is 44.8. The molecule has 2 aromatic heterocycles. The summed E-state index contributed by atoms with van der Waals surface area (Å²) in [4.78, 5) is 9.78. The molecule has 0 N–H and O–H groups in total. The average molecular weight is 1120 g/mol. The Labute approximate surface area is 440 Å². The number of hydrogen-bond acceptors (Lipinski definition) is 4. The molecule has 0 bridgehead atoms. The van der Waals surface area contributed by atoms with Crippen LogP contribution in [-0.2, 0) is 37.3 Å². The van der Waals surface area contributed by atoms with E-state index in [9.17, 15) is 0 Å². The van der Waals surface area contributed by atoms with Gasteiger partial charge in [-0.1, -0.05) is 195 Å². The molecule has 0 fully saturated rings. The summed E-state index contributed by atoms with van der Waals surface area (Å²) in [7, 11) is 0. The van der Waals surface area contributed by atoms with Crippen LogP contribution in [0.3, 0.4) is 0 Å². The first kappa shape index (κ1) is 48.4. The maximum absolute atomic E-state index is 6.79. The predicted molar refractivity (Wildman–Crippen MR) is 297 cm³/mol. The summed E-state index contributed by atoms with van der Waals surface area (Å²) < 4.78 is 9.05. The van der Waals surface area contributed by atoms with Crippen LogP contribution in [0.4, 0.5) is 22.7 Å². The fourth-order valence-corrected chi connectivity index (χ4v) is 10.00. The zero-order valence-electron chi connectivity index (χ0n) is 42.5. The number of para-hydroxylation sites is 3. The summed E-state index contributed by atoms with van der Waals surface area (Å²) in [6.07, 6.45) is 2.06. The normalized spacial score (nSPS) is 12.8. The molecule has 0 aliphatic carbocycles. The van der Waals surface area contributed by atoms with Crippen LogP contribution in [0.25, 0.3) is 61.0 Å². The number of anilines is 4. The van der Waals surface area contributed by atoms with Crippen LogP contribution >= 0.6 is 0 Å². The molecule has 0 radical (unpaired) electrons. The van der Waals surface area contributed by atoms with Crippen LogP contribution in [0.2, 0.25) is 0 Å². The minimum absolute atomic E-state index is 0. The minimum atomic E-state index is -0.160. The van der Waals surface area contributed by atoms with Crippen LogP contribution in [-0.4, -0.2) is 9.55 Å². The van der Waals surface area contributed by atoms with E-state index in [1.54, 1.807) is 0 Å². The van der Waals surface area contributed by atoms with Crippen LogP contribution in [0.1, 0.15) is 79.0 Å². The van der Waals surface area contributed by atoms with Gasteiger partial charge in [0.25, 0.3) is 0 Å². The molecule has 72 heavy (non-hydrogen) atoms. The van der Waals surface area contributed by atoms with Gasteiger partial charge in [-0.2, -0.15) is 12.1 Å². The van der Waals surface area contributed by atoms with Crippen molar-refractivity contribution in [1.82, 2.24) is 9.55 Å². The summed E-state index contributed by atoms with van der Waals surface area (Å²) in [5.41, 5.74) is 16.6. The van der Waals surface area contributed by atoms with Gasteiger partial charge in [0.05, 0.1) is 0 Å². The van der Waals surface area contributed by atoms with Crippen molar-refractivity contribution in [3.05, 3.63) is 224 Å². The first-order valence-electron chi connectivity index (χ1n) is 24.7. The van der Waals surface area contributed by atoms with Crippen molar-refractivity contribution in [2.24, 2.45) is 0 Å². The Morgan fingerprint density at radius 1 is 0.472 bits per heavy atom. The molecular weight excluding hydrogens is 1060 g/mol. The van der Waals surface area contributed by atoms with E-state index >= 15 is 0 Å². The molecule has 0 unspecified atom stereocenters. The van der Waals surface area contributed by atoms with Crippen LogP contribution < -0.4 is 14.5 Å². The predicted octanol–water partition coefficient (Wildman–Crippen LogP) is 17.9. The van der Waals surface area contributed by atoms with Gasteiger partial charge >= 0.3 is 0 Å². The number of hydrogen-bond donors (Lipinski definition) is 0. The van der Waals surface area contributed by atoms with E-state index in [0.29, 0.717) is 11.5 Å². The Morgan fingerprint density at radius 3 is 1.67 bits per heavy atom. The third-order valence-electron chi connectivity index (χ3n) is 13.8. The maximum atomic E-state index is 6.79. The van der Waals surface area contributed by atoms with Crippen molar-refractivity contribution in [3.8, 4) is 50.7 Å². The van der Waals surface area contributed by atoms with Crippen molar-refractivity contribution >= 4 is 44.6 Å². The molecule has 0 saturated carbocycles. The Morgan fingerprint density at radius 2 is 1.04 bits per heavy atom. The number of fused-ring (bicyclic) bond motifs is 4. The number of rotatable bonds is 8. The largest absolute Gasteiger partial charge is 0.509 e. The minimum Gasteiger partial charge on any atom is -0.509 e. The molecule has 11 rings (SSSR count). The second-order valence-electron chi connectivity index (χ2n) is 21.8. The number of aromatic nitrogens is 2. The van der Waals surface area contributed by atoms with E-state index in [-0.39, 0.29) is 37.3 Å². The summed E-state index contributed by atoms with van der Waals surface area (Å²) >= 11 is 0. The van der Waals surface area contributed by atoms with Crippen LogP contribution in [0.15, 0.2) is 188 Å². The van der Waals surface area contributed by atoms with Gasteiger partial charge in [-0.3, -0.25) is 0 Å². The van der Waals surface area contributed by atoms with Crippen molar-refractivity contribution in [1.29, 1.82) is 0 Å². The van der Waals surface area contributed by atoms with Gasteiger partial charge in [-0.15, -0.1) is 48.1 Å². The molecule has 362 valence electrons. The summed E-state index contributed by atoms with van der Waals surface area (Å²) in [6.45, 7) is 22.6. The van der Waals surface area contributed by atoms with E-state index in [2.05, 4.69) is 265 Å². The first-order chi connectivity index (χ1) is 34.1. The van der Waals surface area contributed by atoms with Gasteiger partial charge < -0.3 is 19.1 Å². The number of ether oxygens (including phenoxy) is 1. The summed E-state index contributed by atoms with van der Waals surface area (Å²) in [5.74, 6) is 2.02. The van der Waals surface area contributed by atoms with E-state index in [0.717, 1.165) is 83.8 Å². The van der Waals surface area contributed by atoms with Crippen molar-refractivity contribution in [2.75, 3.05) is 9.80 Å². The van der Waals surface area contributed by atoms with Gasteiger partial charge in [0.1, 0.15) is 5.82 Å². The Bertz CT molecular complexity index is 3540.